The normalized spacial score (nSPS) is 11.2. The first-order chi connectivity index (χ1) is 9.72. The Morgan fingerprint density at radius 3 is 2.40 bits per heavy atom. The highest BCUT2D eigenvalue weighted by molar-refractivity contribution is 7.98. The van der Waals surface area contributed by atoms with Gasteiger partial charge in [0, 0.05) is 10.5 Å². The van der Waals surface area contributed by atoms with E-state index in [0.717, 1.165) is 10.5 Å². The second-order valence-corrected chi connectivity index (χ2v) is 4.97. The van der Waals surface area contributed by atoms with Crippen LogP contribution < -0.4 is 0 Å². The van der Waals surface area contributed by atoms with Crippen molar-refractivity contribution in [3.63, 3.8) is 0 Å². The smallest absolute Gasteiger partial charge is 0.313 e. The van der Waals surface area contributed by atoms with Gasteiger partial charge in [0.05, 0.1) is 11.3 Å². The maximum Gasteiger partial charge on any atom is 0.365 e. The van der Waals surface area contributed by atoms with Gasteiger partial charge in [0.25, 0.3) is 0 Å². The molecule has 0 aliphatic heterocycles. The summed E-state index contributed by atoms with van der Waals surface area (Å²) in [6.45, 7) is 1.83. The maximum absolute atomic E-state index is 11.8. The lowest BCUT2D eigenvalue weighted by Gasteiger charge is -2.06. The Hall–Kier alpha value is -2.07. The largest absolute Gasteiger partial charge is 0.365 e. The van der Waals surface area contributed by atoms with E-state index >= 15 is 0 Å². The minimum Gasteiger partial charge on any atom is -0.313 e. The molecule has 0 spiro atoms. The van der Waals surface area contributed by atoms with Crippen LogP contribution in [0.4, 0.5) is 0 Å². The molecular weight excluding hydrogens is 270 g/mol. The lowest BCUT2D eigenvalue weighted by atomic mass is 10.1. The van der Waals surface area contributed by atoms with Gasteiger partial charge in [-0.2, -0.15) is 0 Å². The van der Waals surface area contributed by atoms with Crippen LogP contribution in [0.5, 0.6) is 0 Å². The van der Waals surface area contributed by atoms with Crippen molar-refractivity contribution in [1.82, 2.24) is 0 Å². The summed E-state index contributed by atoms with van der Waals surface area (Å²) in [5.74, 6) is -0.452. The quantitative estimate of drug-likeness (QED) is 0.369. The van der Waals surface area contributed by atoms with E-state index in [2.05, 4.69) is 5.16 Å². The number of carbonyl (C=O) groups excluding carboxylic acids is 1. The van der Waals surface area contributed by atoms with Crippen molar-refractivity contribution in [2.75, 3.05) is 6.26 Å². The Labute approximate surface area is 122 Å². The van der Waals surface area contributed by atoms with Crippen molar-refractivity contribution in [1.29, 1.82) is 0 Å². The number of hydrogen-bond donors (Lipinski definition) is 0. The monoisotopic (exact) mass is 285 g/mol. The number of hydrogen-bond acceptors (Lipinski definition) is 4. The molecule has 0 aliphatic carbocycles. The predicted molar refractivity (Wildman–Crippen MR) is 82.3 cm³/mol. The summed E-state index contributed by atoms with van der Waals surface area (Å²) in [6.07, 6.45) is 2.00. The first-order valence-corrected chi connectivity index (χ1v) is 7.39. The third kappa shape index (κ3) is 3.48. The fourth-order valence-electron chi connectivity index (χ4n) is 1.73. The van der Waals surface area contributed by atoms with E-state index in [1.807, 2.05) is 43.5 Å². The molecule has 0 heterocycles. The van der Waals surface area contributed by atoms with Crippen molar-refractivity contribution < 1.29 is 9.63 Å². The predicted octanol–water partition coefficient (Wildman–Crippen LogP) is 3.99. The van der Waals surface area contributed by atoms with E-state index in [1.165, 1.54) is 0 Å². The highest BCUT2D eigenvalue weighted by atomic mass is 32.2. The van der Waals surface area contributed by atoms with Crippen LogP contribution in [0.2, 0.25) is 0 Å². The van der Waals surface area contributed by atoms with E-state index in [9.17, 15) is 4.79 Å². The number of rotatable bonds is 4. The number of oxime groups is 1. The molecule has 0 aliphatic rings. The Kier molecular flexibility index (Phi) is 4.96. The van der Waals surface area contributed by atoms with Crippen LogP contribution in [0.1, 0.15) is 22.8 Å². The molecule has 0 radical (unpaired) electrons. The molecule has 0 bridgehead atoms. The molecular formula is C16H15NO2S. The molecule has 0 saturated heterocycles. The van der Waals surface area contributed by atoms with Crippen LogP contribution in [0.25, 0.3) is 0 Å². The molecule has 0 saturated carbocycles. The molecule has 2 aromatic rings. The SMILES string of the molecule is CSc1ccccc1/C(C)=N/OC(=O)c1ccccc1. The average molecular weight is 285 g/mol. The average Bonchev–Trinajstić information content (AvgIpc) is 2.53. The van der Waals surface area contributed by atoms with Gasteiger partial charge in [-0.15, -0.1) is 11.8 Å². The van der Waals surface area contributed by atoms with Gasteiger partial charge in [0.2, 0.25) is 0 Å². The lowest BCUT2D eigenvalue weighted by Crippen LogP contribution is -2.04. The van der Waals surface area contributed by atoms with Crippen molar-refractivity contribution >= 4 is 23.4 Å². The summed E-state index contributed by atoms with van der Waals surface area (Å²) in [7, 11) is 0. The van der Waals surface area contributed by atoms with Gasteiger partial charge in [-0.3, -0.25) is 0 Å². The first kappa shape index (κ1) is 14.3. The Balaban J connectivity index is 2.13. The number of carbonyl (C=O) groups is 1. The van der Waals surface area contributed by atoms with Crippen molar-refractivity contribution in [3.8, 4) is 0 Å². The van der Waals surface area contributed by atoms with Gasteiger partial charge >= 0.3 is 5.97 Å². The van der Waals surface area contributed by atoms with Crippen LogP contribution in [-0.2, 0) is 4.84 Å². The first-order valence-electron chi connectivity index (χ1n) is 6.16. The Morgan fingerprint density at radius 1 is 1.05 bits per heavy atom. The van der Waals surface area contributed by atoms with E-state index < -0.39 is 5.97 Å². The summed E-state index contributed by atoms with van der Waals surface area (Å²) in [6, 6.07) is 16.7. The molecule has 0 N–H and O–H groups in total. The molecule has 2 aromatic carbocycles. The van der Waals surface area contributed by atoms with Gasteiger partial charge in [0.15, 0.2) is 0 Å². The number of benzene rings is 2. The summed E-state index contributed by atoms with van der Waals surface area (Å²) in [5, 5.41) is 3.93. The fourth-order valence-corrected chi connectivity index (χ4v) is 2.38. The Bertz CT molecular complexity index is 623. The van der Waals surface area contributed by atoms with Gasteiger partial charge in [0.1, 0.15) is 0 Å². The second-order valence-electron chi connectivity index (χ2n) is 4.12. The molecule has 4 heteroatoms. The van der Waals surface area contributed by atoms with E-state index in [1.54, 1.807) is 36.0 Å². The number of thioether (sulfide) groups is 1. The zero-order valence-electron chi connectivity index (χ0n) is 11.4. The third-order valence-corrected chi connectivity index (χ3v) is 3.57. The molecule has 2 rings (SSSR count). The third-order valence-electron chi connectivity index (χ3n) is 2.77. The molecule has 0 atom stereocenters. The molecule has 0 unspecified atom stereocenters. The minimum absolute atomic E-state index is 0.452. The van der Waals surface area contributed by atoms with Crippen molar-refractivity contribution in [2.24, 2.45) is 5.16 Å². The molecule has 0 amide bonds. The summed E-state index contributed by atoms with van der Waals surface area (Å²) in [4.78, 5) is 17.9. The van der Waals surface area contributed by atoms with Crippen LogP contribution >= 0.6 is 11.8 Å². The fraction of sp³-hybridized carbons (Fsp3) is 0.125. The van der Waals surface area contributed by atoms with E-state index in [0.29, 0.717) is 11.3 Å². The molecule has 0 fully saturated rings. The van der Waals surface area contributed by atoms with Gasteiger partial charge < -0.3 is 4.84 Å². The highest BCUT2D eigenvalue weighted by Gasteiger charge is 2.08. The molecule has 0 aromatic heterocycles. The summed E-state index contributed by atoms with van der Waals surface area (Å²) < 4.78 is 0. The van der Waals surface area contributed by atoms with Crippen LogP contribution in [0, 0.1) is 0 Å². The van der Waals surface area contributed by atoms with Crippen LogP contribution in [0.15, 0.2) is 64.6 Å². The van der Waals surface area contributed by atoms with E-state index in [4.69, 9.17) is 4.84 Å². The summed E-state index contributed by atoms with van der Waals surface area (Å²) >= 11 is 1.63. The van der Waals surface area contributed by atoms with Gasteiger partial charge in [-0.25, -0.2) is 4.79 Å². The topological polar surface area (TPSA) is 38.7 Å². The Morgan fingerprint density at radius 2 is 1.70 bits per heavy atom. The van der Waals surface area contributed by atoms with Crippen LogP contribution in [-0.4, -0.2) is 17.9 Å². The standard InChI is InChI=1S/C16H15NO2S/c1-12(14-10-6-7-11-15(14)20-2)17-19-16(18)13-8-4-3-5-9-13/h3-11H,1-2H3/b17-12+. The molecule has 3 nitrogen and oxygen atoms in total. The zero-order valence-corrected chi connectivity index (χ0v) is 12.2. The van der Waals surface area contributed by atoms with Crippen molar-refractivity contribution in [2.45, 2.75) is 11.8 Å². The van der Waals surface area contributed by atoms with Gasteiger partial charge in [-0.05, 0) is 31.4 Å². The van der Waals surface area contributed by atoms with Crippen molar-refractivity contribution in [3.05, 3.63) is 65.7 Å². The number of nitrogens with zero attached hydrogens (tertiary/aromatic N) is 1. The minimum atomic E-state index is -0.452. The molecule has 20 heavy (non-hydrogen) atoms. The zero-order chi connectivity index (χ0) is 14.4. The molecule has 102 valence electrons. The highest BCUT2D eigenvalue weighted by Crippen LogP contribution is 2.20. The van der Waals surface area contributed by atoms with E-state index in [-0.39, 0.29) is 0 Å². The maximum atomic E-state index is 11.8. The van der Waals surface area contributed by atoms with Gasteiger partial charge in [-0.1, -0.05) is 41.6 Å². The van der Waals surface area contributed by atoms with Crippen LogP contribution in [0.3, 0.4) is 0 Å². The lowest BCUT2D eigenvalue weighted by molar-refractivity contribution is 0.0516. The summed E-state index contributed by atoms with van der Waals surface area (Å²) in [5.41, 5.74) is 2.14. The second kappa shape index (κ2) is 6.91.